The second-order valence-corrected chi connectivity index (χ2v) is 13.8. The quantitative estimate of drug-likeness (QED) is 0.168. The fourth-order valence-corrected chi connectivity index (χ4v) is 9.00. The van der Waals surface area contributed by atoms with Crippen molar-refractivity contribution in [2.75, 3.05) is 17.4 Å². The summed E-state index contributed by atoms with van der Waals surface area (Å²) in [7, 11) is 1.52. The van der Waals surface area contributed by atoms with Crippen molar-refractivity contribution in [2.24, 2.45) is 23.7 Å². The summed E-state index contributed by atoms with van der Waals surface area (Å²) in [5.41, 5.74) is 6.30. The third-order valence-electron chi connectivity index (χ3n) is 11.3. The van der Waals surface area contributed by atoms with E-state index in [0.717, 1.165) is 21.7 Å². The molecule has 2 aliphatic carbocycles. The predicted octanol–water partition coefficient (Wildman–Crippen LogP) is 6.54. The second-order valence-electron chi connectivity index (χ2n) is 13.8. The average Bonchev–Trinajstić information content (AvgIpc) is 3.54. The largest absolute Gasteiger partial charge is 0.508 e. The number of imide groups is 2. The molecule has 256 valence electrons. The molecule has 4 aliphatic rings. The molecular formula is C42H37N3O6. The van der Waals surface area contributed by atoms with Crippen molar-refractivity contribution in [1.29, 1.82) is 0 Å². The Morgan fingerprint density at radius 3 is 2.29 bits per heavy atom. The number of hydrazine groups is 1. The number of ether oxygens (including phenoxy) is 1. The van der Waals surface area contributed by atoms with Gasteiger partial charge < -0.3 is 9.84 Å². The first-order valence-electron chi connectivity index (χ1n) is 17.1. The summed E-state index contributed by atoms with van der Waals surface area (Å²) >= 11 is 0. The number of nitrogens with zero attached hydrogens (tertiary/aromatic N) is 2. The van der Waals surface area contributed by atoms with Crippen LogP contribution in [0, 0.1) is 30.6 Å². The number of anilines is 2. The molecule has 9 nitrogen and oxygen atoms in total. The SMILES string of the molecule is C=Cc1ccc(N2C(=O)[C@H]3[C@H](CC=C4[C@H]3C[C@H]3C(=O)N(Nc5ccc(C)cc5)C(=O)[C@@]3(c3ccccc3)[C@H]4c3cc(OC)ccc3O)C2=O)cc1. The van der Waals surface area contributed by atoms with Crippen LogP contribution >= 0.6 is 0 Å². The van der Waals surface area contributed by atoms with E-state index in [9.17, 15) is 19.5 Å². The number of nitrogens with one attached hydrogen (secondary N) is 1. The van der Waals surface area contributed by atoms with Gasteiger partial charge in [-0.2, -0.15) is 5.01 Å². The zero-order valence-electron chi connectivity index (χ0n) is 28.3. The van der Waals surface area contributed by atoms with Gasteiger partial charge in [-0.25, -0.2) is 0 Å². The topological polar surface area (TPSA) is 116 Å². The summed E-state index contributed by atoms with van der Waals surface area (Å²) in [6.07, 6.45) is 4.09. The number of aryl methyl sites for hydroxylation is 1. The van der Waals surface area contributed by atoms with Gasteiger partial charge in [0.05, 0.1) is 41.7 Å². The zero-order chi connectivity index (χ0) is 35.6. The molecule has 2 N–H and O–H groups in total. The van der Waals surface area contributed by atoms with Gasteiger partial charge in [-0.1, -0.05) is 84.5 Å². The van der Waals surface area contributed by atoms with Crippen LogP contribution in [-0.2, 0) is 24.6 Å². The highest BCUT2D eigenvalue weighted by atomic mass is 16.5. The summed E-state index contributed by atoms with van der Waals surface area (Å²) in [6, 6.07) is 28.6. The number of hydrogen-bond acceptors (Lipinski definition) is 7. The Hall–Kier alpha value is -5.96. The first-order valence-corrected chi connectivity index (χ1v) is 17.1. The van der Waals surface area contributed by atoms with Crippen molar-refractivity contribution in [2.45, 2.75) is 31.1 Å². The minimum atomic E-state index is -1.50. The predicted molar refractivity (Wildman–Crippen MR) is 192 cm³/mol. The third kappa shape index (κ3) is 4.75. The van der Waals surface area contributed by atoms with E-state index in [4.69, 9.17) is 4.74 Å². The van der Waals surface area contributed by atoms with Crippen molar-refractivity contribution in [1.82, 2.24) is 5.01 Å². The molecule has 0 aromatic heterocycles. The summed E-state index contributed by atoms with van der Waals surface area (Å²) in [6.45, 7) is 5.75. The van der Waals surface area contributed by atoms with E-state index in [2.05, 4.69) is 12.0 Å². The molecule has 8 rings (SSSR count). The lowest BCUT2D eigenvalue weighted by molar-refractivity contribution is -0.138. The van der Waals surface area contributed by atoms with Gasteiger partial charge in [0.25, 0.3) is 11.8 Å². The lowest BCUT2D eigenvalue weighted by Gasteiger charge is -2.50. The Morgan fingerprint density at radius 1 is 0.882 bits per heavy atom. The molecule has 9 heteroatoms. The van der Waals surface area contributed by atoms with Crippen LogP contribution in [-0.4, -0.2) is 40.9 Å². The first kappa shape index (κ1) is 32.3. The van der Waals surface area contributed by atoms with Crippen LogP contribution < -0.4 is 15.1 Å². The lowest BCUT2D eigenvalue weighted by Crippen LogP contribution is -2.53. The van der Waals surface area contributed by atoms with E-state index in [-0.39, 0.29) is 30.4 Å². The van der Waals surface area contributed by atoms with Gasteiger partial charge in [-0.15, -0.1) is 0 Å². The Morgan fingerprint density at radius 2 is 1.61 bits per heavy atom. The maximum Gasteiger partial charge on any atom is 0.260 e. The number of carbonyl (C=O) groups is 4. The van der Waals surface area contributed by atoms with E-state index in [1.807, 2.05) is 79.7 Å². The summed E-state index contributed by atoms with van der Waals surface area (Å²) < 4.78 is 5.61. The van der Waals surface area contributed by atoms with Gasteiger partial charge in [0.1, 0.15) is 11.5 Å². The van der Waals surface area contributed by atoms with E-state index in [1.54, 1.807) is 30.3 Å². The number of methoxy groups -OCH3 is 1. The number of hydrogen-bond donors (Lipinski definition) is 2. The fraction of sp³-hybridized carbons (Fsp3) is 0.238. The highest BCUT2D eigenvalue weighted by Gasteiger charge is 2.70. The van der Waals surface area contributed by atoms with Crippen LogP contribution in [0.5, 0.6) is 11.5 Å². The summed E-state index contributed by atoms with van der Waals surface area (Å²) in [4.78, 5) is 59.9. The number of amides is 4. The molecule has 0 spiro atoms. The molecule has 51 heavy (non-hydrogen) atoms. The Labute approximate surface area is 295 Å². The molecule has 1 saturated carbocycles. The van der Waals surface area contributed by atoms with Crippen molar-refractivity contribution < 1.29 is 29.0 Å². The minimum absolute atomic E-state index is 0.0681. The molecule has 3 fully saturated rings. The van der Waals surface area contributed by atoms with Crippen LogP contribution in [0.4, 0.5) is 11.4 Å². The number of benzene rings is 4. The van der Waals surface area contributed by atoms with E-state index < -0.39 is 46.8 Å². The number of allylic oxidation sites excluding steroid dienone is 2. The fourth-order valence-electron chi connectivity index (χ4n) is 9.00. The van der Waals surface area contributed by atoms with Gasteiger partial charge in [0, 0.05) is 11.5 Å². The summed E-state index contributed by atoms with van der Waals surface area (Å²) in [5, 5.41) is 12.7. The molecule has 2 aliphatic heterocycles. The number of phenols is 1. The molecule has 2 heterocycles. The molecule has 4 amide bonds. The number of phenolic OH excluding ortho intramolecular Hbond substituents is 1. The molecule has 0 unspecified atom stereocenters. The number of rotatable bonds is 7. The van der Waals surface area contributed by atoms with Gasteiger partial charge in [-0.05, 0) is 79.3 Å². The van der Waals surface area contributed by atoms with Crippen LogP contribution in [0.25, 0.3) is 6.08 Å². The smallest absolute Gasteiger partial charge is 0.260 e. The van der Waals surface area contributed by atoms with Gasteiger partial charge in [-0.3, -0.25) is 29.5 Å². The number of carbonyl (C=O) groups excluding carboxylic acids is 4. The first-order chi connectivity index (χ1) is 24.7. The number of fused-ring (bicyclic) bond motifs is 4. The van der Waals surface area contributed by atoms with Crippen LogP contribution in [0.3, 0.4) is 0 Å². The van der Waals surface area contributed by atoms with Gasteiger partial charge >= 0.3 is 0 Å². The van der Waals surface area contributed by atoms with Crippen LogP contribution in [0.15, 0.2) is 115 Å². The molecule has 4 aromatic carbocycles. The third-order valence-corrected chi connectivity index (χ3v) is 11.3. The van der Waals surface area contributed by atoms with Gasteiger partial charge in [0.15, 0.2) is 0 Å². The molecule has 6 atom stereocenters. The van der Waals surface area contributed by atoms with Crippen molar-refractivity contribution >= 4 is 41.1 Å². The van der Waals surface area contributed by atoms with E-state index in [0.29, 0.717) is 28.3 Å². The normalized spacial score (nSPS) is 26.7. The minimum Gasteiger partial charge on any atom is -0.508 e. The monoisotopic (exact) mass is 679 g/mol. The summed E-state index contributed by atoms with van der Waals surface area (Å²) in [5.74, 6) is -4.90. The average molecular weight is 680 g/mol. The lowest BCUT2D eigenvalue weighted by atomic mass is 9.49. The van der Waals surface area contributed by atoms with E-state index in [1.165, 1.54) is 18.1 Å². The number of aromatic hydroxyl groups is 1. The van der Waals surface area contributed by atoms with Crippen molar-refractivity contribution in [3.05, 3.63) is 138 Å². The highest BCUT2D eigenvalue weighted by molar-refractivity contribution is 6.22. The van der Waals surface area contributed by atoms with Crippen molar-refractivity contribution in [3.8, 4) is 11.5 Å². The molecule has 2 saturated heterocycles. The van der Waals surface area contributed by atoms with Gasteiger partial charge in [0.2, 0.25) is 11.8 Å². The maximum absolute atomic E-state index is 15.3. The maximum atomic E-state index is 15.3. The standard InChI is InChI=1S/C42H37N3O6/c1-4-25-12-16-28(17-13-25)44-38(47)31-20-19-30-32(36(31)40(44)49)23-34-39(48)45(43-27-14-10-24(2)11-15-27)41(50)42(34,26-8-6-5-7-9-26)37(30)33-22-29(51-3)18-21-35(33)46/h4-19,21-22,31-32,34,36-37,43,46H,1,20,23H2,2-3H3/t31-,32+,34-,36-,37+,42+/m0/s1. The highest BCUT2D eigenvalue weighted by Crippen LogP contribution is 2.65. The Bertz CT molecular complexity index is 2130. The Balaban J connectivity index is 1.32. The zero-order valence-corrected chi connectivity index (χ0v) is 28.3. The molecular weight excluding hydrogens is 642 g/mol. The Kier molecular flexibility index (Phi) is 7.67. The van der Waals surface area contributed by atoms with Crippen molar-refractivity contribution in [3.63, 3.8) is 0 Å². The van der Waals surface area contributed by atoms with Crippen LogP contribution in [0.1, 0.15) is 41.0 Å². The van der Waals surface area contributed by atoms with E-state index >= 15 is 4.79 Å². The molecule has 4 aromatic rings. The molecule has 0 radical (unpaired) electrons. The molecule has 0 bridgehead atoms. The second kappa shape index (κ2) is 12.1. The van der Waals surface area contributed by atoms with Crippen LogP contribution in [0.2, 0.25) is 0 Å².